The third kappa shape index (κ3) is 3.74. The Morgan fingerprint density at radius 1 is 1.29 bits per heavy atom. The summed E-state index contributed by atoms with van der Waals surface area (Å²) < 4.78 is 4.52. The van der Waals surface area contributed by atoms with Crippen LogP contribution in [0.5, 0.6) is 0 Å². The highest BCUT2D eigenvalue weighted by Gasteiger charge is 2.25. The molecule has 0 spiro atoms. The molecule has 0 aliphatic carbocycles. The summed E-state index contributed by atoms with van der Waals surface area (Å²) in [5.41, 5.74) is 0. The van der Waals surface area contributed by atoms with Gasteiger partial charge < -0.3 is 15.2 Å². The molecule has 0 aliphatic heterocycles. The maximum absolute atomic E-state index is 11.2. The van der Waals surface area contributed by atoms with E-state index in [0.29, 0.717) is 0 Å². The second-order valence-corrected chi connectivity index (χ2v) is 3.43. The minimum atomic E-state index is -1.12. The van der Waals surface area contributed by atoms with E-state index in [4.69, 9.17) is 5.11 Å². The van der Waals surface area contributed by atoms with Gasteiger partial charge >= 0.3 is 5.97 Å². The van der Waals surface area contributed by atoms with Crippen LogP contribution in [0.2, 0.25) is 0 Å². The maximum atomic E-state index is 11.2. The van der Waals surface area contributed by atoms with Crippen molar-refractivity contribution in [3.63, 3.8) is 0 Å². The number of hydrogen-bond acceptors (Lipinski definition) is 4. The Kier molecular flexibility index (Phi) is 5.15. The first-order valence-corrected chi connectivity index (χ1v) is 4.46. The molecule has 0 heterocycles. The molecule has 0 aromatic carbocycles. The molecule has 0 unspecified atom stereocenters. The highest BCUT2D eigenvalue weighted by Crippen LogP contribution is 2.03. The molecule has 5 nitrogen and oxygen atoms in total. The van der Waals surface area contributed by atoms with Crippen LogP contribution >= 0.6 is 0 Å². The molecule has 5 heteroatoms. The van der Waals surface area contributed by atoms with E-state index in [9.17, 15) is 9.59 Å². The van der Waals surface area contributed by atoms with Gasteiger partial charge in [0.25, 0.3) is 0 Å². The lowest BCUT2D eigenvalue weighted by molar-refractivity contribution is -0.147. The Morgan fingerprint density at radius 3 is 2.07 bits per heavy atom. The van der Waals surface area contributed by atoms with Crippen molar-refractivity contribution in [2.75, 3.05) is 7.11 Å². The van der Waals surface area contributed by atoms with Gasteiger partial charge in [-0.1, -0.05) is 13.8 Å². The van der Waals surface area contributed by atoms with E-state index in [1.54, 1.807) is 13.8 Å². The molecule has 2 N–H and O–H groups in total. The van der Waals surface area contributed by atoms with Crippen molar-refractivity contribution in [2.45, 2.75) is 32.9 Å². The van der Waals surface area contributed by atoms with Gasteiger partial charge in [0, 0.05) is 0 Å². The van der Waals surface area contributed by atoms with Crippen LogP contribution in [0.15, 0.2) is 0 Å². The SMILES string of the molecule is COC(=O)[C@@H](NC(=O)[C@@H](C)O)C(C)C. The van der Waals surface area contributed by atoms with Crippen molar-refractivity contribution in [1.82, 2.24) is 5.32 Å². The predicted octanol–water partition coefficient (Wildman–Crippen LogP) is -0.319. The molecule has 0 aromatic rings. The lowest BCUT2D eigenvalue weighted by Crippen LogP contribution is -2.48. The third-order valence-electron chi connectivity index (χ3n) is 1.80. The van der Waals surface area contributed by atoms with Crippen LogP contribution in [0.4, 0.5) is 0 Å². The molecular formula is C9H17NO4. The number of carbonyl (C=O) groups excluding carboxylic acids is 2. The van der Waals surface area contributed by atoms with Gasteiger partial charge in [0.1, 0.15) is 12.1 Å². The Labute approximate surface area is 83.4 Å². The summed E-state index contributed by atoms with van der Waals surface area (Å²) in [6.07, 6.45) is -1.12. The van der Waals surface area contributed by atoms with Crippen molar-refractivity contribution in [3.05, 3.63) is 0 Å². The zero-order valence-electron chi connectivity index (χ0n) is 8.90. The van der Waals surface area contributed by atoms with Gasteiger partial charge in [0.2, 0.25) is 5.91 Å². The Morgan fingerprint density at radius 2 is 1.79 bits per heavy atom. The minimum absolute atomic E-state index is 0.0786. The quantitative estimate of drug-likeness (QED) is 0.614. The minimum Gasteiger partial charge on any atom is -0.467 e. The summed E-state index contributed by atoms with van der Waals surface area (Å²) in [5.74, 6) is -1.16. The van der Waals surface area contributed by atoms with Crippen LogP contribution in [0.1, 0.15) is 20.8 Å². The van der Waals surface area contributed by atoms with E-state index in [-0.39, 0.29) is 5.92 Å². The summed E-state index contributed by atoms with van der Waals surface area (Å²) in [4.78, 5) is 22.3. The van der Waals surface area contributed by atoms with E-state index in [2.05, 4.69) is 10.1 Å². The standard InChI is InChI=1S/C9H17NO4/c1-5(2)7(9(13)14-4)10-8(12)6(3)11/h5-7,11H,1-4H3,(H,10,12)/t6-,7+/m1/s1. The molecule has 0 saturated heterocycles. The Bertz CT molecular complexity index is 213. The van der Waals surface area contributed by atoms with Gasteiger partial charge in [-0.15, -0.1) is 0 Å². The number of nitrogens with one attached hydrogen (secondary N) is 1. The summed E-state index contributed by atoms with van der Waals surface area (Å²) in [6, 6.07) is -0.706. The summed E-state index contributed by atoms with van der Waals surface area (Å²) in [7, 11) is 1.26. The van der Waals surface area contributed by atoms with Gasteiger partial charge in [-0.2, -0.15) is 0 Å². The van der Waals surface area contributed by atoms with Crippen molar-refractivity contribution in [3.8, 4) is 0 Å². The van der Waals surface area contributed by atoms with Gasteiger partial charge in [0.15, 0.2) is 0 Å². The number of carbonyl (C=O) groups is 2. The van der Waals surface area contributed by atoms with Crippen LogP contribution in [0.25, 0.3) is 0 Å². The molecular weight excluding hydrogens is 186 g/mol. The van der Waals surface area contributed by atoms with Gasteiger partial charge in [-0.05, 0) is 12.8 Å². The van der Waals surface area contributed by atoms with Crippen LogP contribution in [0, 0.1) is 5.92 Å². The topological polar surface area (TPSA) is 75.6 Å². The molecule has 0 fully saturated rings. The number of ether oxygens (including phenoxy) is 1. The van der Waals surface area contributed by atoms with E-state index < -0.39 is 24.0 Å². The van der Waals surface area contributed by atoms with Crippen molar-refractivity contribution < 1.29 is 19.4 Å². The van der Waals surface area contributed by atoms with Crippen molar-refractivity contribution in [1.29, 1.82) is 0 Å². The molecule has 1 amide bonds. The smallest absolute Gasteiger partial charge is 0.328 e. The second-order valence-electron chi connectivity index (χ2n) is 3.43. The largest absolute Gasteiger partial charge is 0.467 e. The van der Waals surface area contributed by atoms with E-state index in [0.717, 1.165) is 0 Å². The van der Waals surface area contributed by atoms with E-state index in [1.165, 1.54) is 14.0 Å². The average molecular weight is 203 g/mol. The van der Waals surface area contributed by atoms with Gasteiger partial charge in [0.05, 0.1) is 7.11 Å². The molecule has 0 bridgehead atoms. The monoisotopic (exact) mass is 203 g/mol. The van der Waals surface area contributed by atoms with Crippen LogP contribution in [0.3, 0.4) is 0 Å². The number of hydrogen-bond donors (Lipinski definition) is 2. The normalized spacial score (nSPS) is 14.7. The Balaban J connectivity index is 4.38. The van der Waals surface area contributed by atoms with Crippen molar-refractivity contribution >= 4 is 11.9 Å². The molecule has 0 rings (SSSR count). The fraction of sp³-hybridized carbons (Fsp3) is 0.778. The lowest BCUT2D eigenvalue weighted by atomic mass is 10.0. The lowest BCUT2D eigenvalue weighted by Gasteiger charge is -2.20. The molecule has 0 aliphatic rings. The van der Waals surface area contributed by atoms with Crippen LogP contribution in [-0.4, -0.2) is 36.2 Å². The molecule has 0 radical (unpaired) electrons. The van der Waals surface area contributed by atoms with Crippen LogP contribution in [-0.2, 0) is 14.3 Å². The second kappa shape index (κ2) is 5.59. The third-order valence-corrected chi connectivity index (χ3v) is 1.80. The van der Waals surface area contributed by atoms with E-state index >= 15 is 0 Å². The molecule has 14 heavy (non-hydrogen) atoms. The number of rotatable bonds is 4. The van der Waals surface area contributed by atoms with Crippen LogP contribution < -0.4 is 5.32 Å². The fourth-order valence-electron chi connectivity index (χ4n) is 0.899. The maximum Gasteiger partial charge on any atom is 0.328 e. The number of aliphatic hydroxyl groups excluding tert-OH is 1. The summed E-state index contributed by atoms with van der Waals surface area (Å²) >= 11 is 0. The zero-order chi connectivity index (χ0) is 11.3. The highest BCUT2D eigenvalue weighted by atomic mass is 16.5. The number of aliphatic hydroxyl groups is 1. The summed E-state index contributed by atoms with van der Waals surface area (Å²) in [6.45, 7) is 4.90. The first-order valence-electron chi connectivity index (χ1n) is 4.46. The van der Waals surface area contributed by atoms with Gasteiger partial charge in [-0.25, -0.2) is 4.79 Å². The first kappa shape index (κ1) is 12.9. The number of esters is 1. The highest BCUT2D eigenvalue weighted by molar-refractivity contribution is 5.86. The molecule has 82 valence electrons. The Hall–Kier alpha value is -1.10. The van der Waals surface area contributed by atoms with E-state index in [1.807, 2.05) is 0 Å². The average Bonchev–Trinajstić information content (AvgIpc) is 2.11. The zero-order valence-corrected chi connectivity index (χ0v) is 8.90. The van der Waals surface area contributed by atoms with Gasteiger partial charge in [-0.3, -0.25) is 4.79 Å². The van der Waals surface area contributed by atoms with Crippen molar-refractivity contribution in [2.24, 2.45) is 5.92 Å². The molecule has 0 aromatic heterocycles. The molecule has 0 saturated carbocycles. The fourth-order valence-corrected chi connectivity index (χ4v) is 0.899. The number of methoxy groups -OCH3 is 1. The first-order chi connectivity index (χ1) is 6.40. The number of amides is 1. The molecule has 2 atom stereocenters. The predicted molar refractivity (Wildman–Crippen MR) is 50.5 cm³/mol. The summed E-state index contributed by atoms with van der Waals surface area (Å²) in [5, 5.41) is 11.3.